The largest absolute Gasteiger partial charge is 0.417 e. The average molecular weight is 480 g/mol. The second-order valence-corrected chi connectivity index (χ2v) is 7.71. The third-order valence-electron chi connectivity index (χ3n) is 5.46. The molecule has 0 amide bonds. The average Bonchev–Trinajstić information content (AvgIpc) is 3.47. The summed E-state index contributed by atoms with van der Waals surface area (Å²) in [6, 6.07) is 12.7. The molecule has 5 aromatic rings. The van der Waals surface area contributed by atoms with Crippen LogP contribution in [0.2, 0.25) is 0 Å². The Morgan fingerprint density at radius 1 is 1.00 bits per heavy atom. The summed E-state index contributed by atoms with van der Waals surface area (Å²) in [7, 11) is 1.79. The summed E-state index contributed by atoms with van der Waals surface area (Å²) in [6.07, 6.45) is -0.584. The number of rotatable bonds is 4. The van der Waals surface area contributed by atoms with Gasteiger partial charge in [0.15, 0.2) is 5.82 Å². The van der Waals surface area contributed by atoms with Crippen molar-refractivity contribution in [2.24, 2.45) is 7.05 Å². The van der Waals surface area contributed by atoms with Crippen molar-refractivity contribution in [3.05, 3.63) is 90.1 Å². The highest BCUT2D eigenvalue weighted by Gasteiger charge is 2.36. The van der Waals surface area contributed by atoms with Crippen LogP contribution in [0.1, 0.15) is 15.9 Å². The third-order valence-corrected chi connectivity index (χ3v) is 5.46. The first-order valence-corrected chi connectivity index (χ1v) is 10.3. The van der Waals surface area contributed by atoms with Crippen molar-refractivity contribution in [2.75, 3.05) is 5.32 Å². The lowest BCUT2D eigenvalue weighted by molar-refractivity contribution is -0.138. The van der Waals surface area contributed by atoms with E-state index >= 15 is 0 Å². The number of fused-ring (bicyclic) bond motifs is 1. The Hall–Kier alpha value is -4.54. The molecule has 0 aliphatic heterocycles. The molecule has 0 spiro atoms. The lowest BCUT2D eigenvalue weighted by Gasteiger charge is -2.12. The molecule has 7 nitrogen and oxygen atoms in total. The fraction of sp³-hybridized carbons (Fsp3) is 0.0833. The van der Waals surface area contributed by atoms with Crippen molar-refractivity contribution >= 4 is 28.2 Å². The standard InChI is InChI=1S/C24H16F4N6O/c1-33-20(8-10-29-33)21-16-4-2-3-5-17(16)22(32-31-21)30-15-9-11-34(13-15)23(35)18-7-6-14(25)12-19(18)24(26,27)28/h2-13H,1H3,(H,30,32). The van der Waals surface area contributed by atoms with E-state index in [-0.39, 0.29) is 0 Å². The number of hydrogen-bond acceptors (Lipinski definition) is 5. The van der Waals surface area contributed by atoms with Gasteiger partial charge in [-0.2, -0.15) is 18.3 Å². The molecule has 35 heavy (non-hydrogen) atoms. The van der Waals surface area contributed by atoms with Crippen molar-refractivity contribution < 1.29 is 22.4 Å². The molecule has 3 aromatic heterocycles. The monoisotopic (exact) mass is 480 g/mol. The van der Waals surface area contributed by atoms with Gasteiger partial charge in [-0.05, 0) is 30.3 Å². The number of carbonyl (C=O) groups is 1. The highest BCUT2D eigenvalue weighted by molar-refractivity contribution is 6.01. The zero-order valence-corrected chi connectivity index (χ0v) is 18.1. The summed E-state index contributed by atoms with van der Waals surface area (Å²) in [5.74, 6) is -1.63. The minimum atomic E-state index is -4.88. The van der Waals surface area contributed by atoms with Gasteiger partial charge in [0.2, 0.25) is 0 Å². The van der Waals surface area contributed by atoms with E-state index in [0.29, 0.717) is 23.3 Å². The van der Waals surface area contributed by atoms with Crippen LogP contribution in [0.25, 0.3) is 22.2 Å². The van der Waals surface area contributed by atoms with Crippen molar-refractivity contribution in [3.63, 3.8) is 0 Å². The predicted molar refractivity (Wildman–Crippen MR) is 121 cm³/mol. The van der Waals surface area contributed by atoms with Crippen LogP contribution in [-0.2, 0) is 13.2 Å². The normalized spacial score (nSPS) is 11.7. The van der Waals surface area contributed by atoms with Crippen LogP contribution in [-0.4, -0.2) is 30.5 Å². The van der Waals surface area contributed by atoms with Crippen LogP contribution in [0.15, 0.2) is 73.2 Å². The molecule has 176 valence electrons. The zero-order chi connectivity index (χ0) is 24.7. The fourth-order valence-electron chi connectivity index (χ4n) is 3.80. The summed E-state index contributed by atoms with van der Waals surface area (Å²) >= 11 is 0. The summed E-state index contributed by atoms with van der Waals surface area (Å²) in [5.41, 5.74) is -0.187. The first-order chi connectivity index (χ1) is 16.7. The number of nitrogens with one attached hydrogen (secondary N) is 1. The SMILES string of the molecule is Cn1nccc1-c1nnc(Nc2ccn(C(=O)c3ccc(F)cc3C(F)(F)F)c2)c2ccccc12. The van der Waals surface area contributed by atoms with E-state index in [2.05, 4.69) is 20.6 Å². The molecular formula is C24H16F4N6O. The molecule has 0 aliphatic carbocycles. The van der Waals surface area contributed by atoms with Gasteiger partial charge in [0.1, 0.15) is 11.5 Å². The summed E-state index contributed by atoms with van der Waals surface area (Å²) < 4.78 is 56.1. The molecule has 5 rings (SSSR count). The first-order valence-electron chi connectivity index (χ1n) is 10.3. The maximum Gasteiger partial charge on any atom is 0.417 e. The number of nitrogens with zero attached hydrogens (tertiary/aromatic N) is 5. The molecule has 3 heterocycles. The molecule has 11 heteroatoms. The second kappa shape index (κ2) is 8.35. The van der Waals surface area contributed by atoms with E-state index in [1.807, 2.05) is 30.3 Å². The van der Waals surface area contributed by atoms with Crippen molar-refractivity contribution in [1.82, 2.24) is 24.5 Å². The van der Waals surface area contributed by atoms with E-state index in [1.54, 1.807) is 17.9 Å². The Labute approximate surface area is 195 Å². The maximum atomic E-state index is 13.4. The van der Waals surface area contributed by atoms with Gasteiger partial charge >= 0.3 is 6.18 Å². The van der Waals surface area contributed by atoms with E-state index in [1.165, 1.54) is 18.5 Å². The van der Waals surface area contributed by atoms with Gasteiger partial charge in [0.25, 0.3) is 5.91 Å². The van der Waals surface area contributed by atoms with E-state index in [0.717, 1.165) is 33.2 Å². The molecule has 0 aliphatic rings. The molecule has 0 atom stereocenters. The van der Waals surface area contributed by atoms with Gasteiger partial charge in [-0.3, -0.25) is 14.0 Å². The topological polar surface area (TPSA) is 77.6 Å². The van der Waals surface area contributed by atoms with Gasteiger partial charge in [-0.25, -0.2) is 4.39 Å². The molecule has 0 fully saturated rings. The van der Waals surface area contributed by atoms with Gasteiger partial charge in [-0.1, -0.05) is 24.3 Å². The quantitative estimate of drug-likeness (QED) is 0.348. The van der Waals surface area contributed by atoms with E-state index < -0.39 is 29.0 Å². The molecule has 2 aromatic carbocycles. The summed E-state index contributed by atoms with van der Waals surface area (Å²) in [4.78, 5) is 12.8. The second-order valence-electron chi connectivity index (χ2n) is 7.71. The Kier molecular flexibility index (Phi) is 5.31. The van der Waals surface area contributed by atoms with Crippen molar-refractivity contribution in [3.8, 4) is 11.4 Å². The van der Waals surface area contributed by atoms with Gasteiger partial charge in [-0.15, -0.1) is 10.2 Å². The lowest BCUT2D eigenvalue weighted by atomic mass is 10.1. The van der Waals surface area contributed by atoms with Crippen LogP contribution in [0.3, 0.4) is 0 Å². The van der Waals surface area contributed by atoms with Crippen LogP contribution in [0.4, 0.5) is 29.1 Å². The van der Waals surface area contributed by atoms with Crippen molar-refractivity contribution in [2.45, 2.75) is 6.18 Å². The molecule has 0 saturated heterocycles. The number of carbonyl (C=O) groups excluding carboxylic acids is 1. The highest BCUT2D eigenvalue weighted by Crippen LogP contribution is 2.34. The van der Waals surface area contributed by atoms with Crippen LogP contribution in [0.5, 0.6) is 0 Å². The number of anilines is 2. The van der Waals surface area contributed by atoms with Gasteiger partial charge < -0.3 is 5.32 Å². The summed E-state index contributed by atoms with van der Waals surface area (Å²) in [5, 5.41) is 17.4. The number of aryl methyl sites for hydroxylation is 1. The molecule has 0 radical (unpaired) electrons. The Morgan fingerprint density at radius 3 is 2.49 bits per heavy atom. The number of aromatic nitrogens is 5. The van der Waals surface area contributed by atoms with E-state index in [9.17, 15) is 22.4 Å². The molecule has 0 bridgehead atoms. The number of hydrogen-bond donors (Lipinski definition) is 1. The predicted octanol–water partition coefficient (Wildman–Crippen LogP) is 5.42. The lowest BCUT2D eigenvalue weighted by Crippen LogP contribution is -2.18. The zero-order valence-electron chi connectivity index (χ0n) is 18.1. The smallest absolute Gasteiger partial charge is 0.337 e. The third kappa shape index (κ3) is 4.12. The van der Waals surface area contributed by atoms with Gasteiger partial charge in [0, 0.05) is 36.4 Å². The van der Waals surface area contributed by atoms with Gasteiger partial charge in [0.05, 0.1) is 22.5 Å². The maximum absolute atomic E-state index is 13.4. The highest BCUT2D eigenvalue weighted by atomic mass is 19.4. The molecule has 0 unspecified atom stereocenters. The number of halogens is 4. The number of alkyl halides is 3. The minimum absolute atomic E-state index is 0.307. The first kappa shape index (κ1) is 22.3. The molecule has 1 N–H and O–H groups in total. The Morgan fingerprint density at radius 2 is 1.77 bits per heavy atom. The molecular weight excluding hydrogens is 464 g/mol. The van der Waals surface area contributed by atoms with Crippen LogP contribution in [0, 0.1) is 5.82 Å². The van der Waals surface area contributed by atoms with Crippen LogP contribution < -0.4 is 5.32 Å². The van der Waals surface area contributed by atoms with Crippen molar-refractivity contribution in [1.29, 1.82) is 0 Å². The Bertz CT molecular complexity index is 1570. The van der Waals surface area contributed by atoms with E-state index in [4.69, 9.17) is 0 Å². The Balaban J connectivity index is 1.48. The minimum Gasteiger partial charge on any atom is -0.337 e. The number of benzene rings is 2. The summed E-state index contributed by atoms with van der Waals surface area (Å²) in [6.45, 7) is 0. The fourth-order valence-corrected chi connectivity index (χ4v) is 3.80. The van der Waals surface area contributed by atoms with Crippen LogP contribution >= 0.6 is 0 Å². The molecule has 0 saturated carbocycles.